The molecule has 0 bridgehead atoms. The van der Waals surface area contributed by atoms with E-state index in [2.05, 4.69) is 15.4 Å². The summed E-state index contributed by atoms with van der Waals surface area (Å²) < 4.78 is 32.7. The van der Waals surface area contributed by atoms with Gasteiger partial charge in [0.25, 0.3) is 15.9 Å². The molecule has 29 heavy (non-hydrogen) atoms. The van der Waals surface area contributed by atoms with Gasteiger partial charge in [0.2, 0.25) is 5.91 Å². The topological polar surface area (TPSA) is 151 Å². The Kier molecular flexibility index (Phi) is 6.78. The molecule has 0 saturated heterocycles. The van der Waals surface area contributed by atoms with Crippen LogP contribution >= 0.6 is 0 Å². The lowest BCUT2D eigenvalue weighted by molar-refractivity contribution is -0.135. The maximum atomic E-state index is 12.6. The number of carboxylic acid groups (broad SMARTS) is 1. The average Bonchev–Trinajstić information content (AvgIpc) is 2.65. The first-order valence-corrected chi connectivity index (χ1v) is 9.69. The zero-order valence-electron chi connectivity index (χ0n) is 15.6. The first kappa shape index (κ1) is 21.7. The number of carbonyl (C=O) groups excluding carboxylic acids is 2. The molecule has 11 heteroatoms. The minimum Gasteiger partial charge on any atom is -0.495 e. The zero-order valence-corrected chi connectivity index (χ0v) is 16.4. The van der Waals surface area contributed by atoms with Gasteiger partial charge in [0.15, 0.2) is 0 Å². The number of rotatable bonds is 8. The van der Waals surface area contributed by atoms with Crippen molar-refractivity contribution in [2.45, 2.75) is 11.8 Å². The number of nitrogens with one attached hydrogen (secondary N) is 3. The monoisotopic (exact) mass is 421 g/mol. The summed E-state index contributed by atoms with van der Waals surface area (Å²) >= 11 is 0. The maximum absolute atomic E-state index is 12.6. The van der Waals surface area contributed by atoms with Gasteiger partial charge in [-0.3, -0.25) is 19.1 Å². The number of hydrogen-bond donors (Lipinski definition) is 4. The van der Waals surface area contributed by atoms with E-state index in [1.807, 2.05) is 0 Å². The highest BCUT2D eigenvalue weighted by Gasteiger charge is 2.18. The van der Waals surface area contributed by atoms with Crippen LogP contribution in [0, 0.1) is 0 Å². The van der Waals surface area contributed by atoms with Crippen LogP contribution in [0.15, 0.2) is 47.4 Å². The van der Waals surface area contributed by atoms with Gasteiger partial charge >= 0.3 is 5.97 Å². The number of sulfonamides is 1. The molecule has 0 unspecified atom stereocenters. The summed E-state index contributed by atoms with van der Waals surface area (Å²) in [7, 11) is -2.60. The fourth-order valence-corrected chi connectivity index (χ4v) is 3.39. The Morgan fingerprint density at radius 1 is 1.07 bits per heavy atom. The third kappa shape index (κ3) is 5.94. The number of benzene rings is 2. The molecule has 0 fully saturated rings. The molecule has 0 aliphatic carbocycles. The van der Waals surface area contributed by atoms with Gasteiger partial charge in [-0.25, -0.2) is 8.42 Å². The van der Waals surface area contributed by atoms with E-state index in [1.165, 1.54) is 56.5 Å². The number of carboxylic acids is 1. The third-order valence-corrected chi connectivity index (χ3v) is 4.97. The number of ether oxygens (including phenoxy) is 1. The Morgan fingerprint density at radius 3 is 2.28 bits per heavy atom. The number of amides is 2. The van der Waals surface area contributed by atoms with Crippen molar-refractivity contribution >= 4 is 39.2 Å². The lowest BCUT2D eigenvalue weighted by Crippen LogP contribution is -2.29. The standard InChI is InChI=1S/C18H19N3O7S/c1-11(22)20-15-9-14(7-8-16(15)28-2)29(26,27)21-13-5-3-12(4-6-13)18(25)19-10-17(23)24/h3-9,21H,10H2,1-2H3,(H,19,25)(H,20,22)(H,23,24). The Morgan fingerprint density at radius 2 is 1.72 bits per heavy atom. The van der Waals surface area contributed by atoms with E-state index in [0.717, 1.165) is 0 Å². The van der Waals surface area contributed by atoms with E-state index in [0.29, 0.717) is 5.75 Å². The van der Waals surface area contributed by atoms with E-state index in [9.17, 15) is 22.8 Å². The first-order chi connectivity index (χ1) is 13.6. The molecule has 4 N–H and O–H groups in total. The molecule has 0 aromatic heterocycles. The minimum absolute atomic E-state index is 0.106. The Balaban J connectivity index is 2.19. The second-order valence-corrected chi connectivity index (χ2v) is 7.48. The van der Waals surface area contributed by atoms with E-state index in [1.54, 1.807) is 0 Å². The summed E-state index contributed by atoms with van der Waals surface area (Å²) in [5, 5.41) is 13.3. The van der Waals surface area contributed by atoms with Crippen LogP contribution in [0.1, 0.15) is 17.3 Å². The van der Waals surface area contributed by atoms with Crippen molar-refractivity contribution in [3.05, 3.63) is 48.0 Å². The third-order valence-electron chi connectivity index (χ3n) is 3.59. The smallest absolute Gasteiger partial charge is 0.322 e. The van der Waals surface area contributed by atoms with Gasteiger partial charge in [0.1, 0.15) is 12.3 Å². The lowest BCUT2D eigenvalue weighted by Gasteiger charge is -2.13. The zero-order chi connectivity index (χ0) is 21.6. The van der Waals surface area contributed by atoms with Crippen molar-refractivity contribution in [2.24, 2.45) is 0 Å². The molecule has 0 spiro atoms. The van der Waals surface area contributed by atoms with E-state index in [-0.39, 0.29) is 27.7 Å². The van der Waals surface area contributed by atoms with Crippen LogP contribution in [0.5, 0.6) is 5.75 Å². The molecular weight excluding hydrogens is 402 g/mol. The molecule has 2 amide bonds. The Labute approximate surface area is 166 Å². The van der Waals surface area contributed by atoms with Gasteiger partial charge in [-0.1, -0.05) is 0 Å². The van der Waals surface area contributed by atoms with Gasteiger partial charge in [0.05, 0.1) is 17.7 Å². The normalized spacial score (nSPS) is 10.7. The van der Waals surface area contributed by atoms with Crippen LogP contribution in [0.4, 0.5) is 11.4 Å². The van der Waals surface area contributed by atoms with Crippen molar-refractivity contribution in [3.8, 4) is 5.75 Å². The summed E-state index contributed by atoms with van der Waals surface area (Å²) in [6.07, 6.45) is 0. The SMILES string of the molecule is COc1ccc(S(=O)(=O)Nc2ccc(C(=O)NCC(=O)O)cc2)cc1NC(C)=O. The summed E-state index contributed by atoms with van der Waals surface area (Å²) in [6.45, 7) is 0.758. The van der Waals surface area contributed by atoms with Crippen molar-refractivity contribution in [2.75, 3.05) is 23.7 Å². The molecule has 2 aromatic carbocycles. The van der Waals surface area contributed by atoms with Crippen molar-refractivity contribution in [1.82, 2.24) is 5.32 Å². The Bertz CT molecular complexity index is 1030. The predicted molar refractivity (Wildman–Crippen MR) is 105 cm³/mol. The fourth-order valence-electron chi connectivity index (χ4n) is 2.30. The molecule has 0 saturated carbocycles. The minimum atomic E-state index is -3.99. The molecule has 2 aromatic rings. The highest BCUT2D eigenvalue weighted by molar-refractivity contribution is 7.92. The highest BCUT2D eigenvalue weighted by atomic mass is 32.2. The van der Waals surface area contributed by atoms with Crippen LogP contribution in [0.2, 0.25) is 0 Å². The van der Waals surface area contributed by atoms with Crippen LogP contribution in [0.25, 0.3) is 0 Å². The molecule has 154 valence electrons. The molecule has 0 radical (unpaired) electrons. The number of methoxy groups -OCH3 is 1. The predicted octanol–water partition coefficient (Wildman–Crippen LogP) is 1.27. The van der Waals surface area contributed by atoms with Crippen LogP contribution in [-0.2, 0) is 19.6 Å². The largest absolute Gasteiger partial charge is 0.495 e. The summed E-state index contributed by atoms with van der Waals surface area (Å²) in [4.78, 5) is 33.5. The highest BCUT2D eigenvalue weighted by Crippen LogP contribution is 2.28. The molecule has 0 heterocycles. The number of aliphatic carboxylic acids is 1. The van der Waals surface area contributed by atoms with Crippen LogP contribution < -0.4 is 20.1 Å². The number of anilines is 2. The van der Waals surface area contributed by atoms with Crippen LogP contribution in [-0.4, -0.2) is 45.0 Å². The maximum Gasteiger partial charge on any atom is 0.322 e. The molecular formula is C18H19N3O7S. The Hall–Kier alpha value is -3.60. The quantitative estimate of drug-likeness (QED) is 0.501. The second-order valence-electron chi connectivity index (χ2n) is 5.80. The lowest BCUT2D eigenvalue weighted by atomic mass is 10.2. The summed E-state index contributed by atoms with van der Waals surface area (Å²) in [5.74, 6) is -1.86. The fraction of sp³-hybridized carbons (Fsp3) is 0.167. The molecule has 0 atom stereocenters. The first-order valence-electron chi connectivity index (χ1n) is 8.21. The van der Waals surface area contributed by atoms with Crippen molar-refractivity contribution in [1.29, 1.82) is 0 Å². The van der Waals surface area contributed by atoms with Crippen LogP contribution in [0.3, 0.4) is 0 Å². The summed E-state index contributed by atoms with van der Waals surface area (Å²) in [5.41, 5.74) is 0.566. The van der Waals surface area contributed by atoms with Crippen molar-refractivity contribution < 1.29 is 32.6 Å². The van der Waals surface area contributed by atoms with Gasteiger partial charge in [-0.15, -0.1) is 0 Å². The van der Waals surface area contributed by atoms with E-state index >= 15 is 0 Å². The second kappa shape index (κ2) is 9.06. The van der Waals surface area contributed by atoms with E-state index < -0.39 is 28.4 Å². The molecule has 10 nitrogen and oxygen atoms in total. The van der Waals surface area contributed by atoms with Gasteiger partial charge in [0, 0.05) is 18.2 Å². The average molecular weight is 421 g/mol. The number of carbonyl (C=O) groups is 3. The number of hydrogen-bond acceptors (Lipinski definition) is 6. The van der Waals surface area contributed by atoms with E-state index in [4.69, 9.17) is 9.84 Å². The molecule has 2 rings (SSSR count). The summed E-state index contributed by atoms with van der Waals surface area (Å²) in [6, 6.07) is 9.43. The van der Waals surface area contributed by atoms with Gasteiger partial charge in [-0.2, -0.15) is 0 Å². The molecule has 0 aliphatic rings. The van der Waals surface area contributed by atoms with Gasteiger partial charge in [-0.05, 0) is 42.5 Å². The van der Waals surface area contributed by atoms with Crippen molar-refractivity contribution in [3.63, 3.8) is 0 Å². The van der Waals surface area contributed by atoms with Gasteiger partial charge < -0.3 is 20.5 Å². The molecule has 0 aliphatic heterocycles.